The van der Waals surface area contributed by atoms with E-state index in [1.807, 2.05) is 0 Å². The van der Waals surface area contributed by atoms with Gasteiger partial charge in [0.05, 0.1) is 6.33 Å². The van der Waals surface area contributed by atoms with E-state index < -0.39 is 24.5 Å². The van der Waals surface area contributed by atoms with E-state index in [1.165, 1.54) is 6.33 Å². The molecule has 0 spiro atoms. The number of hydrogen-bond acceptors (Lipinski definition) is 13. The lowest BCUT2D eigenvalue weighted by molar-refractivity contribution is -0.140. The van der Waals surface area contributed by atoms with E-state index in [1.54, 1.807) is 11.5 Å². The van der Waals surface area contributed by atoms with Crippen LogP contribution in [0.1, 0.15) is 76.4 Å². The highest BCUT2D eigenvalue weighted by Gasteiger charge is 2.50. The minimum absolute atomic E-state index is 0.101. The number of aliphatic hydroxyl groups is 1. The van der Waals surface area contributed by atoms with Gasteiger partial charge in [0, 0.05) is 18.1 Å². The molecule has 3 aromatic heterocycles. The Balaban J connectivity index is 1.51. The summed E-state index contributed by atoms with van der Waals surface area (Å²) in [5.41, 5.74) is 7.08. The maximum Gasteiger partial charge on any atom is 0.293 e. The van der Waals surface area contributed by atoms with Crippen LogP contribution in [-0.4, -0.2) is 71.6 Å². The van der Waals surface area contributed by atoms with Crippen molar-refractivity contribution < 1.29 is 23.9 Å². The monoisotopic (exact) mass is 529 g/mol. The summed E-state index contributed by atoms with van der Waals surface area (Å²) in [7, 11) is 0. The molecule has 0 bridgehead atoms. The molecule has 206 valence electrons. The molecule has 0 unspecified atom stereocenters. The Morgan fingerprint density at radius 3 is 2.66 bits per heavy atom. The minimum Gasteiger partial charge on any atom is -0.458 e. The van der Waals surface area contributed by atoms with Crippen molar-refractivity contribution >= 4 is 29.4 Å². The van der Waals surface area contributed by atoms with Crippen molar-refractivity contribution in [2.24, 2.45) is 5.73 Å². The second kappa shape index (κ2) is 11.2. The third-order valence-corrected chi connectivity index (χ3v) is 7.34. The molecule has 2 fully saturated rings. The van der Waals surface area contributed by atoms with Crippen molar-refractivity contribution in [1.29, 1.82) is 0 Å². The first-order valence-corrected chi connectivity index (χ1v) is 13.2. The number of imidazole rings is 1. The van der Waals surface area contributed by atoms with Crippen LogP contribution in [0.4, 0.5) is 11.8 Å². The minimum atomic E-state index is -1.25. The molecule has 38 heavy (non-hydrogen) atoms. The van der Waals surface area contributed by atoms with Crippen LogP contribution < -0.4 is 16.4 Å². The fourth-order valence-corrected chi connectivity index (χ4v) is 5.12. The van der Waals surface area contributed by atoms with Crippen LogP contribution in [0.25, 0.3) is 11.2 Å². The zero-order valence-electron chi connectivity index (χ0n) is 21.8. The summed E-state index contributed by atoms with van der Waals surface area (Å²) in [5.74, 6) is 1.53. The van der Waals surface area contributed by atoms with Gasteiger partial charge in [-0.3, -0.25) is 9.36 Å². The predicted molar refractivity (Wildman–Crippen MR) is 136 cm³/mol. The Hall–Kier alpha value is -3.36. The zero-order chi connectivity index (χ0) is 26.8. The van der Waals surface area contributed by atoms with Gasteiger partial charge in [-0.2, -0.15) is 15.0 Å². The summed E-state index contributed by atoms with van der Waals surface area (Å²) in [6.07, 6.45) is 2.81. The molecule has 2 aliphatic rings. The van der Waals surface area contributed by atoms with Gasteiger partial charge in [-0.1, -0.05) is 19.0 Å². The van der Waals surface area contributed by atoms with Crippen LogP contribution in [0.5, 0.6) is 0 Å². The molecule has 1 aliphatic heterocycles. The first-order valence-electron chi connectivity index (χ1n) is 13.2. The van der Waals surface area contributed by atoms with E-state index in [4.69, 9.17) is 29.7 Å². The Labute approximate surface area is 219 Å². The molecule has 14 heteroatoms. The molecule has 3 aromatic rings. The van der Waals surface area contributed by atoms with Gasteiger partial charge >= 0.3 is 0 Å². The largest absolute Gasteiger partial charge is 0.458 e. The van der Waals surface area contributed by atoms with E-state index in [2.05, 4.69) is 39.6 Å². The average Bonchev–Trinajstić information content (AvgIpc) is 3.62. The predicted octanol–water partition coefficient (Wildman–Crippen LogP) is 1.97. The zero-order valence-corrected chi connectivity index (χ0v) is 21.8. The van der Waals surface area contributed by atoms with Crippen molar-refractivity contribution in [2.45, 2.75) is 102 Å². The maximum atomic E-state index is 11.2. The summed E-state index contributed by atoms with van der Waals surface area (Å²) in [5, 5.41) is 21.9. The first kappa shape index (κ1) is 26.3. The van der Waals surface area contributed by atoms with Crippen molar-refractivity contribution in [3.8, 4) is 0 Å². The van der Waals surface area contributed by atoms with Gasteiger partial charge in [0.25, 0.3) is 12.4 Å². The number of nitrogens with one attached hydrogen (secondary N) is 2. The highest BCUT2D eigenvalue weighted by Crippen LogP contribution is 2.41. The summed E-state index contributed by atoms with van der Waals surface area (Å²) < 4.78 is 18.2. The summed E-state index contributed by atoms with van der Waals surface area (Å²) in [6, 6.07) is 0.624. The summed E-state index contributed by atoms with van der Waals surface area (Å²) in [6.45, 7) is 6.14. The van der Waals surface area contributed by atoms with Gasteiger partial charge < -0.3 is 35.5 Å². The number of fused-ring (bicyclic) bond motifs is 1. The van der Waals surface area contributed by atoms with Crippen LogP contribution in [0, 0.1) is 6.92 Å². The fourth-order valence-electron chi connectivity index (χ4n) is 5.12. The van der Waals surface area contributed by atoms with Crippen molar-refractivity contribution in [3.05, 3.63) is 18.0 Å². The van der Waals surface area contributed by atoms with E-state index in [-0.39, 0.29) is 30.5 Å². The van der Waals surface area contributed by atoms with Crippen molar-refractivity contribution in [3.63, 3.8) is 0 Å². The van der Waals surface area contributed by atoms with Gasteiger partial charge in [0.2, 0.25) is 5.95 Å². The number of aryl methyl sites for hydroxylation is 1. The van der Waals surface area contributed by atoms with E-state index in [9.17, 15) is 9.90 Å². The van der Waals surface area contributed by atoms with Crippen LogP contribution in [-0.2, 0) is 14.3 Å². The van der Waals surface area contributed by atoms with Crippen LogP contribution >= 0.6 is 0 Å². The van der Waals surface area contributed by atoms with Gasteiger partial charge in [-0.05, 0) is 45.4 Å². The number of carbonyl (C=O) groups excluding carboxylic acids is 1. The number of aliphatic hydroxyl groups excluding tert-OH is 1. The van der Waals surface area contributed by atoms with Crippen LogP contribution in [0.2, 0.25) is 0 Å². The number of hydrogen-bond donors (Lipinski definition) is 4. The van der Waals surface area contributed by atoms with Crippen molar-refractivity contribution in [1.82, 2.24) is 29.7 Å². The molecule has 1 aliphatic carbocycles. The average molecular weight is 530 g/mol. The molecular weight excluding hydrogens is 494 g/mol. The molecule has 1 saturated heterocycles. The third-order valence-electron chi connectivity index (χ3n) is 7.34. The molecule has 0 aromatic carbocycles. The smallest absolute Gasteiger partial charge is 0.293 e. The molecule has 1 saturated carbocycles. The normalized spacial score (nSPS) is 27.6. The lowest BCUT2D eigenvalue weighted by Gasteiger charge is -2.27. The van der Waals surface area contributed by atoms with Gasteiger partial charge in [0.15, 0.2) is 41.2 Å². The lowest BCUT2D eigenvalue weighted by atomic mass is 9.92. The standard InChI is InChI=1S/C24H35N9O5/c1-4-14(5-2)28-20-16-21(31-24(30-20)29-15-8-6-13(25)7-9-15)33(10-26-16)23-17(35)18(36-11-34)19(37-23)22-27-12(3)32-38-22/h10-11,13-15,17-19,23,35H,4-9,25H2,1-3H3,(H2,28,29,30,31)/t13?,15?,17-,18+,19+,23-/m1/s1. The number of aromatic nitrogens is 6. The number of carbonyl (C=O) groups is 1. The molecule has 0 amide bonds. The van der Waals surface area contributed by atoms with Gasteiger partial charge in [0.1, 0.15) is 6.10 Å². The number of nitrogens with two attached hydrogens (primary N) is 1. The topological polar surface area (TPSA) is 188 Å². The fraction of sp³-hybridized carbons (Fsp3) is 0.667. The number of nitrogens with zero attached hydrogens (tertiary/aromatic N) is 6. The number of rotatable bonds is 10. The first-order chi connectivity index (χ1) is 18.4. The van der Waals surface area contributed by atoms with E-state index in [0.717, 1.165) is 38.5 Å². The second-order valence-corrected chi connectivity index (χ2v) is 9.95. The quantitative estimate of drug-likeness (QED) is 0.279. The lowest BCUT2D eigenvalue weighted by Crippen LogP contribution is -2.33. The Bertz CT molecular complexity index is 1240. The van der Waals surface area contributed by atoms with E-state index in [0.29, 0.717) is 28.8 Å². The molecule has 0 radical (unpaired) electrons. The van der Waals surface area contributed by atoms with E-state index >= 15 is 0 Å². The molecule has 4 heterocycles. The number of ether oxygens (including phenoxy) is 2. The third kappa shape index (κ3) is 5.15. The highest BCUT2D eigenvalue weighted by atomic mass is 16.6. The van der Waals surface area contributed by atoms with Gasteiger partial charge in [-0.25, -0.2) is 4.98 Å². The Morgan fingerprint density at radius 2 is 2.00 bits per heavy atom. The molecule has 5 N–H and O–H groups in total. The second-order valence-electron chi connectivity index (χ2n) is 9.95. The van der Waals surface area contributed by atoms with Crippen LogP contribution in [0.3, 0.4) is 0 Å². The number of anilines is 2. The van der Waals surface area contributed by atoms with Crippen LogP contribution in [0.15, 0.2) is 10.9 Å². The molecular formula is C24H35N9O5. The summed E-state index contributed by atoms with van der Waals surface area (Å²) in [4.78, 5) is 29.5. The SMILES string of the molecule is CCC(CC)Nc1nc(NC2CCC(N)CC2)nc2c1ncn2[C@@H]1O[C@H](c2nc(C)no2)[C@@H](OC=O)[C@H]1O. The molecule has 14 nitrogen and oxygen atoms in total. The molecule has 5 rings (SSSR count). The Kier molecular flexibility index (Phi) is 7.72. The van der Waals surface area contributed by atoms with Gasteiger partial charge in [-0.15, -0.1) is 0 Å². The molecule has 4 atom stereocenters. The summed E-state index contributed by atoms with van der Waals surface area (Å²) >= 11 is 0. The van der Waals surface area contributed by atoms with Crippen molar-refractivity contribution in [2.75, 3.05) is 10.6 Å². The highest BCUT2D eigenvalue weighted by molar-refractivity contribution is 5.84. The Morgan fingerprint density at radius 1 is 1.24 bits per heavy atom. The maximum absolute atomic E-state index is 11.2.